The van der Waals surface area contributed by atoms with E-state index in [2.05, 4.69) is 4.98 Å². The third-order valence-corrected chi connectivity index (χ3v) is 13.0. The molecule has 2 aromatic carbocycles. The predicted octanol–water partition coefficient (Wildman–Crippen LogP) is 2.45. The van der Waals surface area contributed by atoms with Crippen LogP contribution >= 0.6 is 0 Å². The van der Waals surface area contributed by atoms with Gasteiger partial charge < -0.3 is 0 Å². The van der Waals surface area contributed by atoms with Crippen molar-refractivity contribution in [3.05, 3.63) is 91.3 Å². The zero-order valence-electron chi connectivity index (χ0n) is 15.2. The fourth-order valence-corrected chi connectivity index (χ4v) is 10.8. The molecule has 1 heterocycles. The van der Waals surface area contributed by atoms with E-state index in [4.69, 9.17) is 6.15 Å². The number of rotatable bonds is 4. The molecule has 0 spiro atoms. The van der Waals surface area contributed by atoms with E-state index in [-0.39, 0.29) is 0 Å². The molecule has 0 unspecified atom stereocenters. The molecule has 0 radical (unpaired) electrons. The van der Waals surface area contributed by atoms with Crippen molar-refractivity contribution in [2.24, 2.45) is 0 Å². The van der Waals surface area contributed by atoms with Gasteiger partial charge in [0.05, 0.1) is 0 Å². The molecule has 0 N–H and O–H groups in total. The van der Waals surface area contributed by atoms with Crippen LogP contribution in [0.4, 0.5) is 0 Å². The number of aromatic nitrogens is 1. The van der Waals surface area contributed by atoms with Gasteiger partial charge in [-0.15, -0.1) is 0 Å². The maximum Gasteiger partial charge on any atom is 0.0267 e. The molecule has 0 aliphatic carbocycles. The first kappa shape index (κ1) is 20.6. The van der Waals surface area contributed by atoms with Gasteiger partial charge in [-0.25, -0.2) is 0 Å². The molecule has 0 aliphatic rings. The van der Waals surface area contributed by atoms with Gasteiger partial charge in [-0.05, 0) is 12.1 Å². The second kappa shape index (κ2) is 10.5. The molecular weight excluding hydrogens is 449 g/mol. The molecule has 1 aromatic heterocycles. The number of nitrogens with zero attached hydrogens (tertiary/aromatic N) is 1. The van der Waals surface area contributed by atoms with Gasteiger partial charge in [0.1, 0.15) is 0 Å². The Hall–Kier alpha value is -2.67. The molecule has 3 aromatic rings. The largest absolute Gasteiger partial charge is 0.265 e. The Morgan fingerprint density at radius 2 is 1.04 bits per heavy atom. The van der Waals surface area contributed by atoms with Crippen LogP contribution in [0.2, 0.25) is 0 Å². The van der Waals surface area contributed by atoms with Gasteiger partial charge in [0.2, 0.25) is 0 Å². The Morgan fingerprint density at radius 1 is 0.667 bits per heavy atom. The van der Waals surface area contributed by atoms with Gasteiger partial charge in [-0.1, -0.05) is 6.07 Å². The van der Waals surface area contributed by atoms with E-state index in [0.717, 1.165) is 7.16 Å². The van der Waals surface area contributed by atoms with E-state index >= 15 is 0 Å². The summed E-state index contributed by atoms with van der Waals surface area (Å²) in [6, 6.07) is 24.2. The Morgan fingerprint density at radius 3 is 1.30 bits per heavy atom. The molecule has 5 nitrogen and oxygen atoms in total. The third kappa shape index (κ3) is 6.21. The molecule has 0 bridgehead atoms. The van der Waals surface area contributed by atoms with Crippen LogP contribution in [0, 0.1) is 0 Å². The Bertz CT molecular complexity index is 758. The second-order valence-electron chi connectivity index (χ2n) is 5.56. The minimum Gasteiger partial charge on any atom is -0.265 e. The third-order valence-electron chi connectivity index (χ3n) is 3.45. The summed E-state index contributed by atoms with van der Waals surface area (Å²) in [5.74, 6) is -0.889. The number of pyridine rings is 1. The number of hydrogen-bond acceptors (Lipinski definition) is 5. The average Bonchev–Trinajstić information content (AvgIpc) is 2.70. The van der Waals surface area contributed by atoms with E-state index in [1.165, 1.54) is 13.8 Å². The van der Waals surface area contributed by atoms with Crippen LogP contribution in [0.5, 0.6) is 0 Å². The Labute approximate surface area is 163 Å². The first-order valence-corrected chi connectivity index (χ1v) is 13.6. The molecule has 0 aliphatic heterocycles. The van der Waals surface area contributed by atoms with Crippen LogP contribution in [-0.2, 0) is 15.7 Å². The summed E-state index contributed by atoms with van der Waals surface area (Å²) in [5.41, 5.74) is 0. The number of carbonyl (C=O) groups excluding carboxylic acids is 2. The van der Waals surface area contributed by atoms with Crippen LogP contribution in [0.25, 0.3) is 0 Å². The quantitative estimate of drug-likeness (QED) is 0.549. The van der Waals surface area contributed by atoms with Gasteiger partial charge >= 0.3 is 129 Å². The van der Waals surface area contributed by atoms with Crippen molar-refractivity contribution in [3.8, 4) is 0 Å². The van der Waals surface area contributed by atoms with E-state index in [9.17, 15) is 9.59 Å². The maximum atomic E-state index is 11.6. The van der Waals surface area contributed by atoms with Crippen molar-refractivity contribution < 1.29 is 15.7 Å². The Balaban J connectivity index is 0.000000369. The number of hydrogen-bond donors (Lipinski definition) is 0. The van der Waals surface area contributed by atoms with Gasteiger partial charge in [0, 0.05) is 12.4 Å². The summed E-state index contributed by atoms with van der Waals surface area (Å²) in [6.45, 7) is 2.67. The van der Waals surface area contributed by atoms with Crippen LogP contribution < -0.4 is 7.16 Å². The van der Waals surface area contributed by atoms with Crippen molar-refractivity contribution in [2.75, 3.05) is 0 Å². The minimum atomic E-state index is -4.30. The number of benzene rings is 2. The fourth-order valence-electron chi connectivity index (χ4n) is 2.46. The molecule has 3 rings (SSSR count). The van der Waals surface area contributed by atoms with Gasteiger partial charge in [-0.3, -0.25) is 4.98 Å². The van der Waals surface area contributed by atoms with Crippen LogP contribution in [0.15, 0.2) is 91.3 Å². The van der Waals surface area contributed by atoms with E-state index < -0.39 is 31.1 Å². The maximum absolute atomic E-state index is 11.6. The van der Waals surface area contributed by atoms with Crippen molar-refractivity contribution >= 4 is 38.3 Å². The molecule has 0 saturated carbocycles. The molecule has 0 fully saturated rings. The summed E-state index contributed by atoms with van der Waals surface area (Å²) in [4.78, 5) is 27.0. The van der Waals surface area contributed by atoms with Crippen molar-refractivity contribution in [2.45, 2.75) is 13.8 Å². The summed E-state index contributed by atoms with van der Waals surface area (Å²) in [7, 11) is 0. The number of carbonyl (C=O) groups is 2. The van der Waals surface area contributed by atoms with Crippen molar-refractivity contribution in [3.63, 3.8) is 0 Å². The average molecular weight is 470 g/mol. The smallest absolute Gasteiger partial charge is 0.0267 e. The molecular formula is C21H21NO4Sn. The normalized spacial score (nSPS) is 10.1. The molecule has 0 atom stereocenters. The first-order chi connectivity index (χ1) is 13.0. The summed E-state index contributed by atoms with van der Waals surface area (Å²) >= 11 is -4.30. The molecule has 6 heteroatoms. The predicted molar refractivity (Wildman–Crippen MR) is 106 cm³/mol. The standard InChI is InChI=1S/2C6H5.C5H5N.2C2H4O2.Sn/c3*1-2-4-6-5-3-1;2*1-2(3)4;/h3*1-5H;2*1H3,(H,3,4);/q;;;;;+2/p-2. The minimum absolute atomic E-state index is 0.445. The topological polar surface area (TPSA) is 65.5 Å². The van der Waals surface area contributed by atoms with Gasteiger partial charge in [0.25, 0.3) is 0 Å². The molecule has 0 saturated heterocycles. The molecule has 138 valence electrons. The second-order valence-corrected chi connectivity index (χ2v) is 13.5. The van der Waals surface area contributed by atoms with Gasteiger partial charge in [0.15, 0.2) is 0 Å². The monoisotopic (exact) mass is 471 g/mol. The zero-order valence-corrected chi connectivity index (χ0v) is 18.1. The van der Waals surface area contributed by atoms with Crippen molar-refractivity contribution in [1.29, 1.82) is 0 Å². The van der Waals surface area contributed by atoms with Gasteiger partial charge in [-0.2, -0.15) is 0 Å². The van der Waals surface area contributed by atoms with Crippen LogP contribution in [0.1, 0.15) is 13.8 Å². The fraction of sp³-hybridized carbons (Fsp3) is 0.0952. The van der Waals surface area contributed by atoms with E-state index in [1.807, 2.05) is 78.9 Å². The molecule has 0 amide bonds. The van der Waals surface area contributed by atoms with Crippen molar-refractivity contribution in [1.82, 2.24) is 4.98 Å². The first-order valence-electron chi connectivity index (χ1n) is 8.40. The summed E-state index contributed by atoms with van der Waals surface area (Å²) < 4.78 is 12.9. The summed E-state index contributed by atoms with van der Waals surface area (Å²) in [5, 5.41) is 0. The van der Waals surface area contributed by atoms with Crippen LogP contribution in [-0.4, -0.2) is 36.1 Å². The zero-order chi connectivity index (χ0) is 19.5. The van der Waals surface area contributed by atoms with E-state index in [1.54, 1.807) is 12.4 Å². The van der Waals surface area contributed by atoms with Crippen LogP contribution in [0.3, 0.4) is 0 Å². The molecule has 27 heavy (non-hydrogen) atoms. The Kier molecular flexibility index (Phi) is 8.00. The van der Waals surface area contributed by atoms with E-state index in [0.29, 0.717) is 0 Å². The summed E-state index contributed by atoms with van der Waals surface area (Å²) in [6.07, 6.45) is 3.50. The SMILES string of the molecule is CC(=O)[O][Sn]([O]C(C)=O)([c]1ccccc1)[c]1ccccc1.c1ccncc1.